The number of aliphatic hydroxyl groups is 1. The van der Waals surface area contributed by atoms with Crippen molar-refractivity contribution in [3.8, 4) is 11.8 Å². The Hall–Kier alpha value is -1.90. The molecule has 0 heterocycles. The van der Waals surface area contributed by atoms with Crippen LogP contribution in [0.25, 0.3) is 0 Å². The molecule has 108 valence electrons. The molecule has 0 saturated heterocycles. The van der Waals surface area contributed by atoms with Crippen LogP contribution in [0, 0.1) is 23.6 Å². The Morgan fingerprint density at radius 2 is 2.30 bits per heavy atom. The van der Waals surface area contributed by atoms with Gasteiger partial charge in [0.1, 0.15) is 12.4 Å². The summed E-state index contributed by atoms with van der Waals surface area (Å²) in [5, 5.41) is 11.4. The molecule has 1 aromatic rings. The summed E-state index contributed by atoms with van der Waals surface area (Å²) in [4.78, 5) is 12.0. The van der Waals surface area contributed by atoms with Gasteiger partial charge in [-0.1, -0.05) is 18.8 Å². The number of benzene rings is 1. The number of methoxy groups -OCH3 is 1. The topological polar surface area (TPSA) is 58.6 Å². The second kappa shape index (κ2) is 8.31. The number of halogens is 1. The molecule has 0 bridgehead atoms. The minimum Gasteiger partial charge on any atom is -0.384 e. The van der Waals surface area contributed by atoms with Gasteiger partial charge in [-0.3, -0.25) is 4.79 Å². The first kappa shape index (κ1) is 16.2. The average Bonchev–Trinajstić information content (AvgIpc) is 2.43. The standard InChI is InChI=1S/C15H18FNO3/c1-11(10-20-2)9-17-15(19)14-8-13(16)6-5-12(14)4-3-7-18/h5-6,8,11,18H,7,9-10H2,1-2H3,(H,17,19). The van der Waals surface area contributed by atoms with Crippen LogP contribution in [0.2, 0.25) is 0 Å². The SMILES string of the molecule is COCC(C)CNC(=O)c1cc(F)ccc1C#CCO. The molecule has 1 unspecified atom stereocenters. The van der Waals surface area contributed by atoms with Gasteiger partial charge in [-0.2, -0.15) is 0 Å². The van der Waals surface area contributed by atoms with Crippen molar-refractivity contribution in [3.05, 3.63) is 35.1 Å². The molecule has 1 aromatic carbocycles. The minimum atomic E-state index is -0.505. The predicted molar refractivity (Wildman–Crippen MR) is 73.7 cm³/mol. The number of aliphatic hydroxyl groups excluding tert-OH is 1. The van der Waals surface area contributed by atoms with E-state index in [0.717, 1.165) is 6.07 Å². The Morgan fingerprint density at radius 1 is 1.55 bits per heavy atom. The molecule has 1 rings (SSSR count). The van der Waals surface area contributed by atoms with Crippen LogP contribution >= 0.6 is 0 Å². The summed E-state index contributed by atoms with van der Waals surface area (Å²) in [5.41, 5.74) is 0.549. The van der Waals surface area contributed by atoms with Crippen molar-refractivity contribution in [1.29, 1.82) is 0 Å². The van der Waals surface area contributed by atoms with E-state index in [1.54, 1.807) is 7.11 Å². The molecule has 4 nitrogen and oxygen atoms in total. The number of rotatable bonds is 5. The maximum absolute atomic E-state index is 13.3. The van der Waals surface area contributed by atoms with Gasteiger partial charge in [-0.05, 0) is 24.1 Å². The van der Waals surface area contributed by atoms with E-state index in [0.29, 0.717) is 18.7 Å². The van der Waals surface area contributed by atoms with Crippen LogP contribution in [0.15, 0.2) is 18.2 Å². The number of amides is 1. The molecule has 0 aliphatic heterocycles. The van der Waals surface area contributed by atoms with Crippen molar-refractivity contribution in [2.24, 2.45) is 5.92 Å². The van der Waals surface area contributed by atoms with Crippen molar-refractivity contribution in [3.63, 3.8) is 0 Å². The first-order valence-electron chi connectivity index (χ1n) is 6.25. The molecule has 0 fully saturated rings. The second-order valence-corrected chi connectivity index (χ2v) is 4.42. The molecule has 0 aromatic heterocycles. The highest BCUT2D eigenvalue weighted by Gasteiger charge is 2.12. The fourth-order valence-electron chi connectivity index (χ4n) is 1.65. The number of carbonyl (C=O) groups is 1. The fourth-order valence-corrected chi connectivity index (χ4v) is 1.65. The lowest BCUT2D eigenvalue weighted by molar-refractivity contribution is 0.0933. The van der Waals surface area contributed by atoms with Crippen LogP contribution < -0.4 is 5.32 Å². The molecular weight excluding hydrogens is 261 g/mol. The van der Waals surface area contributed by atoms with E-state index in [2.05, 4.69) is 17.2 Å². The third-order valence-corrected chi connectivity index (χ3v) is 2.59. The molecule has 0 spiro atoms. The van der Waals surface area contributed by atoms with Crippen LogP contribution in [-0.4, -0.2) is 37.9 Å². The third-order valence-electron chi connectivity index (χ3n) is 2.59. The molecule has 0 aliphatic carbocycles. The van der Waals surface area contributed by atoms with E-state index in [1.807, 2.05) is 6.92 Å². The van der Waals surface area contributed by atoms with E-state index in [4.69, 9.17) is 9.84 Å². The van der Waals surface area contributed by atoms with Gasteiger partial charge < -0.3 is 15.2 Å². The Balaban J connectivity index is 2.83. The Morgan fingerprint density at radius 3 is 2.95 bits per heavy atom. The van der Waals surface area contributed by atoms with E-state index < -0.39 is 11.7 Å². The van der Waals surface area contributed by atoms with E-state index in [1.165, 1.54) is 12.1 Å². The van der Waals surface area contributed by atoms with E-state index in [-0.39, 0.29) is 18.1 Å². The Labute approximate surface area is 117 Å². The highest BCUT2D eigenvalue weighted by molar-refractivity contribution is 5.96. The van der Waals surface area contributed by atoms with E-state index in [9.17, 15) is 9.18 Å². The average molecular weight is 279 g/mol. The lowest BCUT2D eigenvalue weighted by Crippen LogP contribution is -2.30. The summed E-state index contributed by atoms with van der Waals surface area (Å²) in [6.45, 7) is 2.57. The molecular formula is C15H18FNO3. The predicted octanol–water partition coefficient (Wildman–Crippen LogP) is 1.18. The fraction of sp³-hybridized carbons (Fsp3) is 0.400. The summed E-state index contributed by atoms with van der Waals surface area (Å²) < 4.78 is 18.2. The van der Waals surface area contributed by atoms with Crippen LogP contribution in [0.1, 0.15) is 22.8 Å². The molecule has 0 aliphatic rings. The molecule has 1 atom stereocenters. The van der Waals surface area contributed by atoms with Gasteiger partial charge in [0, 0.05) is 19.2 Å². The first-order chi connectivity index (χ1) is 9.58. The summed E-state index contributed by atoms with van der Waals surface area (Å²) in [7, 11) is 1.59. The smallest absolute Gasteiger partial charge is 0.252 e. The quantitative estimate of drug-likeness (QED) is 0.796. The summed E-state index contributed by atoms with van der Waals surface area (Å²) in [6, 6.07) is 3.79. The first-order valence-corrected chi connectivity index (χ1v) is 6.25. The van der Waals surface area contributed by atoms with Gasteiger partial charge in [-0.25, -0.2) is 4.39 Å². The van der Waals surface area contributed by atoms with Gasteiger partial charge in [0.25, 0.3) is 5.91 Å². The van der Waals surface area contributed by atoms with Crippen LogP contribution in [0.4, 0.5) is 4.39 Å². The monoisotopic (exact) mass is 279 g/mol. The highest BCUT2D eigenvalue weighted by Crippen LogP contribution is 2.10. The molecule has 20 heavy (non-hydrogen) atoms. The van der Waals surface area contributed by atoms with Gasteiger partial charge >= 0.3 is 0 Å². The zero-order valence-corrected chi connectivity index (χ0v) is 11.6. The van der Waals surface area contributed by atoms with Gasteiger partial charge in [0.2, 0.25) is 0 Å². The lowest BCUT2D eigenvalue weighted by Gasteiger charge is -2.12. The number of carbonyl (C=O) groups excluding carboxylic acids is 1. The molecule has 5 heteroatoms. The highest BCUT2D eigenvalue weighted by atomic mass is 19.1. The maximum atomic E-state index is 13.3. The number of ether oxygens (including phenoxy) is 1. The molecule has 0 saturated carbocycles. The van der Waals surface area contributed by atoms with Gasteiger partial charge in [-0.15, -0.1) is 0 Å². The van der Waals surface area contributed by atoms with Crippen LogP contribution in [0.5, 0.6) is 0 Å². The lowest BCUT2D eigenvalue weighted by atomic mass is 10.1. The van der Waals surface area contributed by atoms with E-state index >= 15 is 0 Å². The largest absolute Gasteiger partial charge is 0.384 e. The van der Waals surface area contributed by atoms with Crippen molar-refractivity contribution in [1.82, 2.24) is 5.32 Å². The van der Waals surface area contributed by atoms with Crippen molar-refractivity contribution in [2.45, 2.75) is 6.92 Å². The minimum absolute atomic E-state index is 0.157. The number of nitrogens with one attached hydrogen (secondary N) is 1. The van der Waals surface area contributed by atoms with Crippen LogP contribution in [-0.2, 0) is 4.74 Å². The molecule has 1 amide bonds. The molecule has 0 radical (unpaired) electrons. The maximum Gasteiger partial charge on any atom is 0.252 e. The zero-order valence-electron chi connectivity index (χ0n) is 11.6. The third kappa shape index (κ3) is 5.00. The summed E-state index contributed by atoms with van der Waals surface area (Å²) in [6.07, 6.45) is 0. The van der Waals surface area contributed by atoms with Crippen molar-refractivity contribution >= 4 is 5.91 Å². The number of hydrogen-bond donors (Lipinski definition) is 2. The second-order valence-electron chi connectivity index (χ2n) is 4.42. The Kier molecular flexibility index (Phi) is 6.71. The Bertz CT molecular complexity index is 520. The summed E-state index contributed by atoms with van der Waals surface area (Å²) >= 11 is 0. The normalized spacial score (nSPS) is 11.4. The number of hydrogen-bond acceptors (Lipinski definition) is 3. The van der Waals surface area contributed by atoms with Crippen molar-refractivity contribution < 1.29 is 19.0 Å². The van der Waals surface area contributed by atoms with Crippen molar-refractivity contribution in [2.75, 3.05) is 26.9 Å². The van der Waals surface area contributed by atoms with Crippen LogP contribution in [0.3, 0.4) is 0 Å². The van der Waals surface area contributed by atoms with Gasteiger partial charge in [0.05, 0.1) is 12.2 Å². The van der Waals surface area contributed by atoms with Gasteiger partial charge in [0.15, 0.2) is 0 Å². The zero-order chi connectivity index (χ0) is 15.0. The molecule has 2 N–H and O–H groups in total. The summed E-state index contributed by atoms with van der Waals surface area (Å²) in [5.74, 6) is 4.34.